The lowest BCUT2D eigenvalue weighted by Gasteiger charge is -1.91. The number of aromatic nitrogens is 3. The van der Waals surface area contributed by atoms with Crippen molar-refractivity contribution in [3.05, 3.63) is 60.8 Å². The molecule has 3 nitrogen and oxygen atoms in total. The first-order valence-electron chi connectivity index (χ1n) is 5.51. The first-order valence-corrected chi connectivity index (χ1v) is 5.51. The van der Waals surface area contributed by atoms with E-state index in [1.54, 1.807) is 6.20 Å². The van der Waals surface area contributed by atoms with Crippen LogP contribution in [0.1, 0.15) is 5.82 Å². The third-order valence-corrected chi connectivity index (χ3v) is 2.57. The van der Waals surface area contributed by atoms with E-state index in [4.69, 9.17) is 0 Å². The lowest BCUT2D eigenvalue weighted by molar-refractivity contribution is 0.858. The highest BCUT2D eigenvalue weighted by Crippen LogP contribution is 2.07. The highest BCUT2D eigenvalue weighted by Gasteiger charge is 1.86. The van der Waals surface area contributed by atoms with Crippen molar-refractivity contribution in [2.45, 2.75) is 6.92 Å². The van der Waals surface area contributed by atoms with Gasteiger partial charge in [-0.25, -0.2) is 4.98 Å². The van der Waals surface area contributed by atoms with Gasteiger partial charge in [0.25, 0.3) is 0 Å². The van der Waals surface area contributed by atoms with Crippen molar-refractivity contribution >= 4 is 10.9 Å². The van der Waals surface area contributed by atoms with E-state index in [0.717, 1.165) is 11.3 Å². The molecule has 0 aliphatic carbocycles. The van der Waals surface area contributed by atoms with Crippen LogP contribution in [-0.4, -0.2) is 14.5 Å². The van der Waals surface area contributed by atoms with Crippen molar-refractivity contribution in [2.24, 2.45) is 7.05 Å². The van der Waals surface area contributed by atoms with Crippen molar-refractivity contribution in [3.8, 4) is 0 Å². The molecular weight excluding hydrogens is 210 g/mol. The van der Waals surface area contributed by atoms with Crippen LogP contribution in [0.25, 0.3) is 10.9 Å². The van der Waals surface area contributed by atoms with Gasteiger partial charge in [0.15, 0.2) is 0 Å². The number of fused-ring (bicyclic) bond motifs is 1. The summed E-state index contributed by atoms with van der Waals surface area (Å²) in [6.07, 6.45) is 5.52. The van der Waals surface area contributed by atoms with Crippen molar-refractivity contribution in [1.82, 2.24) is 14.5 Å². The molecule has 0 unspecified atom stereocenters. The lowest BCUT2D eigenvalue weighted by Crippen LogP contribution is -1.86. The van der Waals surface area contributed by atoms with E-state index in [1.807, 2.05) is 55.2 Å². The Hall–Kier alpha value is -2.16. The summed E-state index contributed by atoms with van der Waals surface area (Å²) >= 11 is 0. The molecule has 2 aromatic heterocycles. The molecule has 0 saturated heterocycles. The van der Waals surface area contributed by atoms with Crippen LogP contribution in [0.3, 0.4) is 0 Å². The molecule has 2 heterocycles. The Morgan fingerprint density at radius 2 is 1.71 bits per heavy atom. The van der Waals surface area contributed by atoms with Gasteiger partial charge >= 0.3 is 0 Å². The molecule has 3 rings (SSSR count). The van der Waals surface area contributed by atoms with Crippen LogP contribution >= 0.6 is 0 Å². The van der Waals surface area contributed by atoms with Crippen LogP contribution in [0.15, 0.2) is 55.0 Å². The predicted octanol–water partition coefficient (Wildman–Crippen LogP) is 2.96. The van der Waals surface area contributed by atoms with E-state index in [2.05, 4.69) is 22.1 Å². The van der Waals surface area contributed by atoms with Gasteiger partial charge in [-0.05, 0) is 19.1 Å². The highest BCUT2D eigenvalue weighted by molar-refractivity contribution is 5.77. The Balaban J connectivity index is 0.000000136. The topological polar surface area (TPSA) is 30.7 Å². The van der Waals surface area contributed by atoms with Crippen molar-refractivity contribution < 1.29 is 0 Å². The number of hydrogen-bond donors (Lipinski definition) is 0. The second-order valence-electron chi connectivity index (χ2n) is 3.78. The molecule has 0 aliphatic rings. The zero-order chi connectivity index (χ0) is 12.1. The number of benzene rings is 1. The molecule has 0 bridgehead atoms. The van der Waals surface area contributed by atoms with Crippen LogP contribution in [-0.2, 0) is 7.05 Å². The van der Waals surface area contributed by atoms with Gasteiger partial charge in [-0.1, -0.05) is 24.3 Å². The molecular formula is C14H15N3. The third kappa shape index (κ3) is 2.91. The summed E-state index contributed by atoms with van der Waals surface area (Å²) in [6.45, 7) is 1.97. The smallest absolute Gasteiger partial charge is 0.105 e. The fourth-order valence-electron chi connectivity index (χ4n) is 1.46. The van der Waals surface area contributed by atoms with Crippen molar-refractivity contribution in [3.63, 3.8) is 0 Å². The van der Waals surface area contributed by atoms with Gasteiger partial charge < -0.3 is 4.57 Å². The maximum atomic E-state index is 4.18. The standard InChI is InChI=1S/C9H7N.C5H8N2/c1-2-6-9-8(4-1)5-3-7-10-9;1-5-6-3-4-7(5)2/h1-7H;3-4H,1-2H3. The SMILES string of the molecule is Cc1nccn1C.c1ccc2ncccc2c1. The Morgan fingerprint density at radius 3 is 2.29 bits per heavy atom. The first kappa shape index (κ1) is 11.3. The summed E-state index contributed by atoms with van der Waals surface area (Å²) in [5.41, 5.74) is 1.06. The summed E-state index contributed by atoms with van der Waals surface area (Å²) in [6, 6.07) is 12.1. The van der Waals surface area contributed by atoms with E-state index < -0.39 is 0 Å². The summed E-state index contributed by atoms with van der Waals surface area (Å²) in [5.74, 6) is 1.06. The normalized spacial score (nSPS) is 9.76. The number of pyridine rings is 1. The summed E-state index contributed by atoms with van der Waals surface area (Å²) in [4.78, 5) is 8.16. The number of aryl methyl sites for hydroxylation is 2. The van der Waals surface area contributed by atoms with Gasteiger partial charge in [-0.15, -0.1) is 0 Å². The monoisotopic (exact) mass is 225 g/mol. The van der Waals surface area contributed by atoms with Crippen molar-refractivity contribution in [1.29, 1.82) is 0 Å². The zero-order valence-electron chi connectivity index (χ0n) is 10.0. The van der Waals surface area contributed by atoms with E-state index in [0.29, 0.717) is 0 Å². The Bertz CT molecular complexity index is 517. The molecule has 0 radical (unpaired) electrons. The summed E-state index contributed by atoms with van der Waals surface area (Å²) in [7, 11) is 1.97. The van der Waals surface area contributed by atoms with Crippen LogP contribution in [0.4, 0.5) is 0 Å². The molecule has 0 N–H and O–H groups in total. The molecule has 3 aromatic rings. The molecule has 0 saturated carbocycles. The third-order valence-electron chi connectivity index (χ3n) is 2.57. The zero-order valence-corrected chi connectivity index (χ0v) is 10.0. The quantitative estimate of drug-likeness (QED) is 0.589. The number of imidazole rings is 1. The van der Waals surface area contributed by atoms with Crippen LogP contribution in [0.5, 0.6) is 0 Å². The fourth-order valence-corrected chi connectivity index (χ4v) is 1.46. The molecule has 0 fully saturated rings. The van der Waals surface area contributed by atoms with Crippen LogP contribution < -0.4 is 0 Å². The maximum Gasteiger partial charge on any atom is 0.105 e. The van der Waals surface area contributed by atoms with E-state index in [1.165, 1.54) is 5.39 Å². The Kier molecular flexibility index (Phi) is 3.50. The van der Waals surface area contributed by atoms with Crippen LogP contribution in [0.2, 0.25) is 0 Å². The average Bonchev–Trinajstić information content (AvgIpc) is 2.75. The number of para-hydroxylation sites is 1. The van der Waals surface area contributed by atoms with Gasteiger partial charge in [0.1, 0.15) is 5.82 Å². The molecule has 0 spiro atoms. The van der Waals surface area contributed by atoms with Gasteiger partial charge in [-0.2, -0.15) is 0 Å². The maximum absolute atomic E-state index is 4.18. The van der Waals surface area contributed by atoms with Crippen molar-refractivity contribution in [2.75, 3.05) is 0 Å². The molecule has 1 aromatic carbocycles. The Labute approximate surface area is 101 Å². The predicted molar refractivity (Wildman–Crippen MR) is 69.7 cm³/mol. The van der Waals surface area contributed by atoms with Gasteiger partial charge in [-0.3, -0.25) is 4.98 Å². The average molecular weight is 225 g/mol. The van der Waals surface area contributed by atoms with Gasteiger partial charge in [0.05, 0.1) is 5.52 Å². The minimum Gasteiger partial charge on any atom is -0.338 e. The largest absolute Gasteiger partial charge is 0.338 e. The van der Waals surface area contributed by atoms with Gasteiger partial charge in [0.2, 0.25) is 0 Å². The minimum absolute atomic E-state index is 1.06. The second kappa shape index (κ2) is 5.25. The van der Waals surface area contributed by atoms with E-state index >= 15 is 0 Å². The Morgan fingerprint density at radius 1 is 0.941 bits per heavy atom. The lowest BCUT2D eigenvalue weighted by atomic mass is 10.2. The van der Waals surface area contributed by atoms with E-state index in [9.17, 15) is 0 Å². The summed E-state index contributed by atoms with van der Waals surface area (Å²) in [5, 5.41) is 1.20. The molecule has 0 atom stereocenters. The molecule has 0 aliphatic heterocycles. The fraction of sp³-hybridized carbons (Fsp3) is 0.143. The number of nitrogens with zero attached hydrogens (tertiary/aromatic N) is 3. The summed E-state index contributed by atoms with van der Waals surface area (Å²) < 4.78 is 1.97. The minimum atomic E-state index is 1.06. The molecule has 0 amide bonds. The van der Waals surface area contributed by atoms with E-state index in [-0.39, 0.29) is 0 Å². The number of hydrogen-bond acceptors (Lipinski definition) is 2. The first-order chi connectivity index (χ1) is 8.27. The second-order valence-corrected chi connectivity index (χ2v) is 3.78. The van der Waals surface area contributed by atoms with Gasteiger partial charge in [0, 0.05) is 31.0 Å². The highest BCUT2D eigenvalue weighted by atomic mass is 15.0. The van der Waals surface area contributed by atoms with Crippen LogP contribution in [0, 0.1) is 6.92 Å². The molecule has 86 valence electrons. The molecule has 3 heteroatoms. The molecule has 17 heavy (non-hydrogen) atoms. The number of rotatable bonds is 0.